The Morgan fingerprint density at radius 2 is 1.57 bits per heavy atom. The van der Waals surface area contributed by atoms with Crippen molar-refractivity contribution in [1.82, 2.24) is 5.32 Å². The van der Waals surface area contributed by atoms with Crippen LogP contribution in [0.1, 0.15) is 105 Å². The van der Waals surface area contributed by atoms with Crippen LogP contribution in [0.5, 0.6) is 11.5 Å². The molecule has 2 aromatic rings. The average molecular weight is 630 g/mol. The van der Waals surface area contributed by atoms with Gasteiger partial charge in [0.1, 0.15) is 17.6 Å². The Balaban J connectivity index is 1.21. The number of nitrogens with one attached hydrogen (secondary N) is 1. The number of rotatable bonds is 11. The van der Waals surface area contributed by atoms with Crippen LogP contribution in [-0.2, 0) is 4.79 Å². The molecule has 0 aliphatic heterocycles. The quantitative estimate of drug-likeness (QED) is 0.171. The number of anilines is 2. The van der Waals surface area contributed by atoms with Gasteiger partial charge in [-0.1, -0.05) is 46.2 Å². The van der Waals surface area contributed by atoms with Gasteiger partial charge in [-0.15, -0.1) is 0 Å². The lowest BCUT2D eigenvalue weighted by molar-refractivity contribution is -0.164. The van der Waals surface area contributed by atoms with Gasteiger partial charge in [-0.2, -0.15) is 0 Å². The van der Waals surface area contributed by atoms with Crippen molar-refractivity contribution in [3.05, 3.63) is 48.5 Å². The third-order valence-corrected chi connectivity index (χ3v) is 13.4. The van der Waals surface area contributed by atoms with Crippen LogP contribution in [-0.4, -0.2) is 24.7 Å². The summed E-state index contributed by atoms with van der Waals surface area (Å²) in [5.41, 5.74) is 14.3. The molecule has 0 spiro atoms. The second-order valence-corrected chi connectivity index (χ2v) is 16.0. The maximum absolute atomic E-state index is 12.6. The molecule has 0 aromatic heterocycles. The monoisotopic (exact) mass is 629 g/mol. The lowest BCUT2D eigenvalue weighted by Crippen LogP contribution is -2.59. The standard InChI is InChI=1S/C40H59N3O3/c1-5-6-21-43-38(44)16-13-26(2)33-14-15-34-32-25-37(46-30-12-8-10-28(42)23-30)36-24-31(45-29-11-7-9-27(41)22-29)17-19-40(36,4)35(32)18-20-39(33,34)3/h7-12,22-23,26,31-37H,5-6,13-21,24-25,41-42H2,1-4H3,(H,43,44)/t26-,31?,32+,33-,34+,35+,36?,37?,39-,40-/m1/s1. The van der Waals surface area contributed by atoms with Crippen LogP contribution in [0, 0.1) is 46.3 Å². The maximum atomic E-state index is 12.6. The number of unbranched alkanes of at least 4 members (excludes halogenated alkanes) is 1. The maximum Gasteiger partial charge on any atom is 0.220 e. The van der Waals surface area contributed by atoms with E-state index >= 15 is 0 Å². The Kier molecular flexibility index (Phi) is 9.83. The third-order valence-electron chi connectivity index (χ3n) is 13.4. The van der Waals surface area contributed by atoms with Gasteiger partial charge in [-0.05, 0) is 129 Å². The van der Waals surface area contributed by atoms with E-state index < -0.39 is 0 Å². The summed E-state index contributed by atoms with van der Waals surface area (Å²) in [6.45, 7) is 10.6. The molecule has 1 amide bonds. The van der Waals surface area contributed by atoms with E-state index in [1.807, 2.05) is 42.5 Å². The van der Waals surface area contributed by atoms with E-state index in [-0.39, 0.29) is 23.5 Å². The van der Waals surface area contributed by atoms with Gasteiger partial charge in [0.2, 0.25) is 5.91 Å². The summed E-state index contributed by atoms with van der Waals surface area (Å²) in [7, 11) is 0. The Hall–Kier alpha value is -2.89. The molecular weight excluding hydrogens is 570 g/mol. The highest BCUT2D eigenvalue weighted by atomic mass is 16.5. The van der Waals surface area contributed by atoms with E-state index in [2.05, 4.69) is 39.1 Å². The summed E-state index contributed by atoms with van der Waals surface area (Å²) in [6.07, 6.45) is 13.7. The molecule has 10 atom stereocenters. The van der Waals surface area contributed by atoms with Crippen molar-refractivity contribution in [1.29, 1.82) is 0 Å². The summed E-state index contributed by atoms with van der Waals surface area (Å²) in [5.74, 6) is 5.73. The van der Waals surface area contributed by atoms with Gasteiger partial charge in [-0.3, -0.25) is 4.79 Å². The summed E-state index contributed by atoms with van der Waals surface area (Å²) in [6, 6.07) is 15.9. The Morgan fingerprint density at radius 3 is 2.26 bits per heavy atom. The lowest BCUT2D eigenvalue weighted by atomic mass is 9.43. The largest absolute Gasteiger partial charge is 0.490 e. The second-order valence-electron chi connectivity index (χ2n) is 16.0. The number of hydrogen-bond acceptors (Lipinski definition) is 5. The van der Waals surface area contributed by atoms with Gasteiger partial charge < -0.3 is 26.3 Å². The van der Waals surface area contributed by atoms with E-state index in [9.17, 15) is 4.79 Å². The molecule has 0 saturated heterocycles. The predicted molar refractivity (Wildman–Crippen MR) is 187 cm³/mol. The Bertz CT molecular complexity index is 1350. The van der Waals surface area contributed by atoms with Crippen molar-refractivity contribution < 1.29 is 14.3 Å². The van der Waals surface area contributed by atoms with Crippen LogP contribution in [0.2, 0.25) is 0 Å². The number of ether oxygens (including phenoxy) is 2. The molecule has 46 heavy (non-hydrogen) atoms. The minimum Gasteiger partial charge on any atom is -0.490 e. The molecule has 0 bridgehead atoms. The number of hydrogen-bond donors (Lipinski definition) is 3. The molecule has 4 aliphatic carbocycles. The highest BCUT2D eigenvalue weighted by molar-refractivity contribution is 5.75. The van der Waals surface area contributed by atoms with Crippen molar-refractivity contribution in [2.45, 2.75) is 117 Å². The number of nitrogen functional groups attached to an aromatic ring is 2. The van der Waals surface area contributed by atoms with Gasteiger partial charge in [0.15, 0.2) is 0 Å². The second kappa shape index (κ2) is 13.7. The zero-order chi connectivity index (χ0) is 32.5. The third kappa shape index (κ3) is 6.60. The van der Waals surface area contributed by atoms with Crippen molar-refractivity contribution in [2.75, 3.05) is 18.0 Å². The van der Waals surface area contributed by atoms with Crippen LogP contribution in [0.15, 0.2) is 48.5 Å². The number of benzene rings is 2. The molecular formula is C40H59N3O3. The minimum absolute atomic E-state index is 0.130. The SMILES string of the molecule is CCCCNC(=O)CC[C@@H](C)[C@H]1CC[C@H]2[C@@H]3CC(Oc4cccc(N)c4)C4CC(Oc5cccc(N)c5)CC[C@]4(C)[C@H]3CC[C@]12C. The molecule has 252 valence electrons. The highest BCUT2D eigenvalue weighted by Crippen LogP contribution is 2.68. The molecule has 3 unspecified atom stereocenters. The van der Waals surface area contributed by atoms with Gasteiger partial charge in [-0.25, -0.2) is 0 Å². The van der Waals surface area contributed by atoms with Crippen molar-refractivity contribution in [3.63, 3.8) is 0 Å². The normalized spacial score (nSPS) is 35.7. The Labute approximate surface area is 277 Å². The molecule has 6 heteroatoms. The fraction of sp³-hybridized carbons (Fsp3) is 0.675. The molecule has 4 saturated carbocycles. The number of carbonyl (C=O) groups excluding carboxylic acids is 1. The van der Waals surface area contributed by atoms with Gasteiger partial charge in [0, 0.05) is 42.4 Å². The number of amides is 1. The van der Waals surface area contributed by atoms with Crippen LogP contribution in [0.25, 0.3) is 0 Å². The molecule has 0 radical (unpaired) electrons. The molecule has 6 rings (SSSR count). The fourth-order valence-corrected chi connectivity index (χ4v) is 11.0. The van der Waals surface area contributed by atoms with E-state index in [1.165, 1.54) is 32.1 Å². The minimum atomic E-state index is 0.130. The van der Waals surface area contributed by atoms with Crippen LogP contribution in [0.3, 0.4) is 0 Å². The first-order chi connectivity index (χ1) is 22.1. The van der Waals surface area contributed by atoms with Crippen LogP contribution >= 0.6 is 0 Å². The molecule has 2 aromatic carbocycles. The van der Waals surface area contributed by atoms with Crippen molar-refractivity contribution >= 4 is 17.3 Å². The van der Waals surface area contributed by atoms with Gasteiger partial charge >= 0.3 is 0 Å². The lowest BCUT2D eigenvalue weighted by Gasteiger charge is -2.63. The van der Waals surface area contributed by atoms with Crippen LogP contribution in [0.4, 0.5) is 11.4 Å². The summed E-state index contributed by atoms with van der Waals surface area (Å²) in [5, 5.41) is 3.14. The fourth-order valence-electron chi connectivity index (χ4n) is 11.0. The van der Waals surface area contributed by atoms with Gasteiger partial charge in [0.05, 0.1) is 6.10 Å². The zero-order valence-electron chi connectivity index (χ0n) is 28.8. The zero-order valence-corrected chi connectivity index (χ0v) is 28.8. The number of nitrogens with two attached hydrogens (primary N) is 2. The molecule has 0 heterocycles. The molecule has 5 N–H and O–H groups in total. The smallest absolute Gasteiger partial charge is 0.220 e. The van der Waals surface area contributed by atoms with E-state index in [4.69, 9.17) is 20.9 Å². The summed E-state index contributed by atoms with van der Waals surface area (Å²) >= 11 is 0. The Morgan fingerprint density at radius 1 is 0.891 bits per heavy atom. The summed E-state index contributed by atoms with van der Waals surface area (Å²) in [4.78, 5) is 12.6. The topological polar surface area (TPSA) is 99.6 Å². The number of carbonyl (C=O) groups is 1. The summed E-state index contributed by atoms with van der Waals surface area (Å²) < 4.78 is 13.6. The predicted octanol–water partition coefficient (Wildman–Crippen LogP) is 8.65. The van der Waals surface area contributed by atoms with Gasteiger partial charge in [0.25, 0.3) is 0 Å². The molecule has 6 nitrogen and oxygen atoms in total. The van der Waals surface area contributed by atoms with Crippen LogP contribution < -0.4 is 26.3 Å². The van der Waals surface area contributed by atoms with E-state index in [1.54, 1.807) is 0 Å². The molecule has 4 aliphatic rings. The first-order valence-electron chi connectivity index (χ1n) is 18.4. The van der Waals surface area contributed by atoms with Crippen molar-refractivity contribution in [3.8, 4) is 11.5 Å². The average Bonchev–Trinajstić information content (AvgIpc) is 3.38. The highest BCUT2D eigenvalue weighted by Gasteiger charge is 2.63. The molecule has 4 fully saturated rings. The first kappa shape index (κ1) is 33.0. The van der Waals surface area contributed by atoms with E-state index in [0.29, 0.717) is 47.3 Å². The first-order valence-corrected chi connectivity index (χ1v) is 18.4. The van der Waals surface area contributed by atoms with Crippen molar-refractivity contribution in [2.24, 2.45) is 46.3 Å². The number of fused-ring (bicyclic) bond motifs is 5. The van der Waals surface area contributed by atoms with E-state index in [0.717, 1.165) is 67.9 Å².